The second-order valence-electron chi connectivity index (χ2n) is 8.55. The van der Waals surface area contributed by atoms with Crippen molar-refractivity contribution in [2.45, 2.75) is 25.6 Å². The van der Waals surface area contributed by atoms with Crippen molar-refractivity contribution in [2.24, 2.45) is 0 Å². The van der Waals surface area contributed by atoms with Crippen LogP contribution in [0.15, 0.2) is 79.1 Å². The molecular weight excluding hydrogens is 486 g/mol. The van der Waals surface area contributed by atoms with Crippen LogP contribution in [0.25, 0.3) is 10.9 Å². The van der Waals surface area contributed by atoms with Crippen LogP contribution in [0.3, 0.4) is 0 Å². The van der Waals surface area contributed by atoms with Crippen LogP contribution < -0.4 is 21.3 Å². The van der Waals surface area contributed by atoms with Gasteiger partial charge < -0.3 is 26.4 Å². The van der Waals surface area contributed by atoms with Crippen LogP contribution in [0.1, 0.15) is 22.3 Å². The highest BCUT2D eigenvalue weighted by molar-refractivity contribution is 5.98. The van der Waals surface area contributed by atoms with Crippen molar-refractivity contribution >= 4 is 34.6 Å². The van der Waals surface area contributed by atoms with Crippen LogP contribution in [0, 0.1) is 0 Å². The molecule has 4 rings (SSSR count). The van der Waals surface area contributed by atoms with Crippen molar-refractivity contribution in [2.75, 3.05) is 18.4 Å². The van der Waals surface area contributed by atoms with Gasteiger partial charge in [0.05, 0.1) is 11.7 Å². The van der Waals surface area contributed by atoms with E-state index in [1.807, 2.05) is 59.3 Å². The van der Waals surface area contributed by atoms with E-state index in [1.165, 1.54) is 0 Å². The van der Waals surface area contributed by atoms with Crippen molar-refractivity contribution in [3.63, 3.8) is 0 Å². The summed E-state index contributed by atoms with van der Waals surface area (Å²) in [6, 6.07) is 18.2. The summed E-state index contributed by atoms with van der Waals surface area (Å²) in [6.45, 7) is 1.41. The van der Waals surface area contributed by atoms with Crippen LogP contribution in [0.2, 0.25) is 0 Å². The van der Waals surface area contributed by atoms with Gasteiger partial charge in [-0.1, -0.05) is 36.4 Å². The lowest BCUT2D eigenvalue weighted by Gasteiger charge is -2.16. The third kappa shape index (κ3) is 7.29. The normalized spacial score (nSPS) is 11.5. The lowest BCUT2D eigenvalue weighted by molar-refractivity contribution is -0.139. The Kier molecular flexibility index (Phi) is 8.85. The molecule has 2 aromatic heterocycles. The molecule has 0 saturated heterocycles. The number of carboxylic acid groups (broad SMARTS) is 1. The summed E-state index contributed by atoms with van der Waals surface area (Å²) >= 11 is 0. The first kappa shape index (κ1) is 26.1. The average Bonchev–Trinajstić information content (AvgIpc) is 3.35. The number of hydrogen-bond donors (Lipinski definition) is 5. The van der Waals surface area contributed by atoms with Crippen molar-refractivity contribution in [3.8, 4) is 0 Å². The summed E-state index contributed by atoms with van der Waals surface area (Å²) in [6.07, 6.45) is 4.26. The lowest BCUT2D eigenvalue weighted by atomic mass is 10.1. The fraction of sp³-hybridized carbons (Fsp3) is 0.222. The molecule has 11 heteroatoms. The van der Waals surface area contributed by atoms with Crippen molar-refractivity contribution in [1.82, 2.24) is 30.7 Å². The number of anilines is 1. The maximum Gasteiger partial charge on any atom is 0.328 e. The molecule has 0 spiro atoms. The zero-order valence-corrected chi connectivity index (χ0v) is 20.6. The number of nitrogens with zero attached hydrogens (tertiary/aromatic N) is 3. The number of fused-ring (bicyclic) bond motifs is 1. The number of rotatable bonds is 12. The molecule has 5 N–H and O–H groups in total. The monoisotopic (exact) mass is 515 g/mol. The second-order valence-corrected chi connectivity index (χ2v) is 8.55. The number of hydrogen-bond acceptors (Lipinski definition) is 6. The average molecular weight is 516 g/mol. The van der Waals surface area contributed by atoms with E-state index in [9.17, 15) is 19.5 Å². The van der Waals surface area contributed by atoms with Crippen LogP contribution in [-0.4, -0.2) is 56.9 Å². The number of benzene rings is 2. The largest absolute Gasteiger partial charge is 0.480 e. The van der Waals surface area contributed by atoms with Crippen LogP contribution >= 0.6 is 0 Å². The molecule has 0 radical (unpaired) electrons. The van der Waals surface area contributed by atoms with Gasteiger partial charge in [-0.15, -0.1) is 0 Å². The van der Waals surface area contributed by atoms with Crippen molar-refractivity contribution < 1.29 is 19.5 Å². The lowest BCUT2D eigenvalue weighted by Crippen LogP contribution is -2.51. The standard InChI is InChI=1S/C27H29N7O4/c35-25(30-18-22(26(36)37)33-27(38)31-16-19-7-2-1-3-8-19)20-10-11-23-21(15-20)17-32-34(23)14-6-13-29-24-9-4-5-12-28-24/h1-5,7-12,15,17,22H,6,13-14,16,18H2,(H,28,29)(H,30,35)(H,36,37)(H2,31,33,38)/t22-/m0/s1. The summed E-state index contributed by atoms with van der Waals surface area (Å²) in [4.78, 5) is 40.7. The van der Waals surface area contributed by atoms with Gasteiger partial charge in [-0.25, -0.2) is 14.6 Å². The maximum atomic E-state index is 12.7. The molecule has 4 aromatic rings. The van der Waals surface area contributed by atoms with Gasteiger partial charge in [0.25, 0.3) is 5.91 Å². The molecule has 2 aromatic carbocycles. The van der Waals surface area contributed by atoms with E-state index in [-0.39, 0.29) is 13.1 Å². The fourth-order valence-corrected chi connectivity index (χ4v) is 3.80. The molecular formula is C27H29N7O4. The molecule has 0 fully saturated rings. The molecule has 2 heterocycles. The Labute approximate surface area is 219 Å². The SMILES string of the molecule is O=C(NCc1ccccc1)N[C@@H](CNC(=O)c1ccc2c(cnn2CCCNc2ccccn2)c1)C(=O)O. The number of carbonyl (C=O) groups excluding carboxylic acids is 2. The van der Waals surface area contributed by atoms with Gasteiger partial charge in [0.1, 0.15) is 11.9 Å². The quantitative estimate of drug-likeness (QED) is 0.182. The summed E-state index contributed by atoms with van der Waals surface area (Å²) in [5.74, 6) is -0.881. The molecule has 38 heavy (non-hydrogen) atoms. The van der Waals surface area contributed by atoms with E-state index in [0.717, 1.165) is 35.2 Å². The molecule has 11 nitrogen and oxygen atoms in total. The number of aliphatic carboxylic acids is 1. The third-order valence-electron chi connectivity index (χ3n) is 5.79. The third-order valence-corrected chi connectivity index (χ3v) is 5.79. The summed E-state index contributed by atoms with van der Waals surface area (Å²) in [5.41, 5.74) is 2.13. The highest BCUT2D eigenvalue weighted by atomic mass is 16.4. The Hall–Kier alpha value is -4.93. The second kappa shape index (κ2) is 12.9. The predicted octanol–water partition coefficient (Wildman–Crippen LogP) is 2.62. The first-order valence-corrected chi connectivity index (χ1v) is 12.2. The maximum absolute atomic E-state index is 12.7. The van der Waals surface area contributed by atoms with E-state index in [0.29, 0.717) is 12.1 Å². The number of aryl methyl sites for hydroxylation is 1. The van der Waals surface area contributed by atoms with Gasteiger partial charge >= 0.3 is 12.0 Å². The van der Waals surface area contributed by atoms with Crippen LogP contribution in [-0.2, 0) is 17.9 Å². The zero-order chi connectivity index (χ0) is 26.7. The summed E-state index contributed by atoms with van der Waals surface area (Å²) in [5, 5.41) is 25.5. The van der Waals surface area contributed by atoms with Crippen molar-refractivity contribution in [1.29, 1.82) is 0 Å². The molecule has 1 atom stereocenters. The van der Waals surface area contributed by atoms with Crippen LogP contribution in [0.4, 0.5) is 10.6 Å². The molecule has 0 aliphatic heterocycles. The summed E-state index contributed by atoms with van der Waals surface area (Å²) < 4.78 is 1.87. The predicted molar refractivity (Wildman–Crippen MR) is 143 cm³/mol. The number of aromatic nitrogens is 3. The smallest absolute Gasteiger partial charge is 0.328 e. The zero-order valence-electron chi connectivity index (χ0n) is 20.6. The molecule has 0 saturated carbocycles. The molecule has 0 unspecified atom stereocenters. The Morgan fingerprint density at radius 3 is 2.55 bits per heavy atom. The van der Waals surface area contributed by atoms with E-state index in [1.54, 1.807) is 24.5 Å². The Bertz CT molecular complexity index is 1380. The minimum atomic E-state index is -1.29. The highest BCUT2D eigenvalue weighted by Gasteiger charge is 2.21. The highest BCUT2D eigenvalue weighted by Crippen LogP contribution is 2.16. The van der Waals surface area contributed by atoms with Crippen LogP contribution in [0.5, 0.6) is 0 Å². The number of carboxylic acids is 1. The van der Waals surface area contributed by atoms with E-state index in [2.05, 4.69) is 31.3 Å². The van der Waals surface area contributed by atoms with Crippen molar-refractivity contribution in [3.05, 3.63) is 90.3 Å². The van der Waals surface area contributed by atoms with Gasteiger partial charge in [0.2, 0.25) is 0 Å². The van der Waals surface area contributed by atoms with E-state index < -0.39 is 23.9 Å². The molecule has 0 aliphatic rings. The molecule has 196 valence electrons. The first-order chi connectivity index (χ1) is 18.5. The Morgan fingerprint density at radius 1 is 0.974 bits per heavy atom. The number of nitrogens with one attached hydrogen (secondary N) is 4. The van der Waals surface area contributed by atoms with Gasteiger partial charge in [0, 0.05) is 43.3 Å². The minimum absolute atomic E-state index is 0.250. The topological polar surface area (TPSA) is 150 Å². The van der Waals surface area contributed by atoms with Gasteiger partial charge in [0.15, 0.2) is 0 Å². The summed E-state index contributed by atoms with van der Waals surface area (Å²) in [7, 11) is 0. The first-order valence-electron chi connectivity index (χ1n) is 12.2. The number of pyridine rings is 1. The molecule has 3 amide bonds. The molecule has 0 aliphatic carbocycles. The number of urea groups is 1. The fourth-order valence-electron chi connectivity index (χ4n) is 3.80. The van der Waals surface area contributed by atoms with E-state index in [4.69, 9.17) is 0 Å². The molecule has 0 bridgehead atoms. The Balaban J connectivity index is 1.26. The number of carbonyl (C=O) groups is 3. The van der Waals surface area contributed by atoms with Gasteiger partial charge in [-0.2, -0.15) is 5.10 Å². The van der Waals surface area contributed by atoms with Gasteiger partial charge in [-0.3, -0.25) is 9.48 Å². The number of amides is 3. The Morgan fingerprint density at radius 2 is 1.79 bits per heavy atom. The van der Waals surface area contributed by atoms with Gasteiger partial charge in [-0.05, 0) is 42.3 Å². The minimum Gasteiger partial charge on any atom is -0.480 e. The van der Waals surface area contributed by atoms with E-state index >= 15 is 0 Å².